The average molecular weight is 307 g/mol. The van der Waals surface area contributed by atoms with E-state index in [0.717, 1.165) is 11.8 Å². The van der Waals surface area contributed by atoms with E-state index in [1.54, 1.807) is 13.0 Å². The summed E-state index contributed by atoms with van der Waals surface area (Å²) >= 11 is 0. The van der Waals surface area contributed by atoms with Gasteiger partial charge in [0, 0.05) is 17.1 Å². The van der Waals surface area contributed by atoms with Gasteiger partial charge in [-0.1, -0.05) is 18.1 Å². The van der Waals surface area contributed by atoms with Crippen molar-refractivity contribution in [3.8, 4) is 12.3 Å². The van der Waals surface area contributed by atoms with Gasteiger partial charge in [0.15, 0.2) is 0 Å². The summed E-state index contributed by atoms with van der Waals surface area (Å²) < 4.78 is 12.8. The van der Waals surface area contributed by atoms with Crippen molar-refractivity contribution in [2.24, 2.45) is 0 Å². The van der Waals surface area contributed by atoms with Crippen molar-refractivity contribution in [2.75, 3.05) is 0 Å². The molecule has 0 fully saturated rings. The molecule has 0 aliphatic rings. The molecule has 4 heteroatoms. The summed E-state index contributed by atoms with van der Waals surface area (Å²) in [5.74, 6) is 2.02. The molecule has 0 spiro atoms. The van der Waals surface area contributed by atoms with E-state index >= 15 is 0 Å². The van der Waals surface area contributed by atoms with E-state index in [-0.39, 0.29) is 0 Å². The zero-order valence-corrected chi connectivity index (χ0v) is 13.1. The van der Waals surface area contributed by atoms with Gasteiger partial charge in [-0.2, -0.15) is 0 Å². The van der Waals surface area contributed by atoms with Crippen LogP contribution in [0.3, 0.4) is 0 Å². The molecule has 1 aromatic carbocycles. The SMILES string of the molecule is C#Cc1cc(C)cc(F)cnc[nH]1.Cc1cccc2[nH]ccc12. The third-order valence-electron chi connectivity index (χ3n) is 3.20. The van der Waals surface area contributed by atoms with E-state index in [1.807, 2.05) is 6.20 Å². The Morgan fingerprint density at radius 3 is 2.70 bits per heavy atom. The number of halogens is 1. The van der Waals surface area contributed by atoms with Gasteiger partial charge in [-0.3, -0.25) is 0 Å². The molecule has 2 heterocycles. The second-order valence-electron chi connectivity index (χ2n) is 5.04. The van der Waals surface area contributed by atoms with Crippen LogP contribution in [0.25, 0.3) is 10.9 Å². The normalized spacial score (nSPS) is 9.48. The van der Waals surface area contributed by atoms with Gasteiger partial charge >= 0.3 is 0 Å². The van der Waals surface area contributed by atoms with Gasteiger partial charge in [0.05, 0.1) is 18.2 Å². The Hall–Kier alpha value is -3.06. The number of aromatic amines is 2. The largest absolute Gasteiger partial charge is 0.361 e. The van der Waals surface area contributed by atoms with Crippen molar-refractivity contribution < 1.29 is 4.39 Å². The Kier molecular flexibility index (Phi) is 5.54. The van der Waals surface area contributed by atoms with E-state index in [9.17, 15) is 4.39 Å². The molecular weight excluding hydrogens is 289 g/mol. The molecule has 0 bridgehead atoms. The first-order valence-electron chi connectivity index (χ1n) is 7.13. The Labute approximate surface area is 134 Å². The fraction of sp³-hybridized carbons (Fsp3) is 0.105. The van der Waals surface area contributed by atoms with Gasteiger partial charge in [0.2, 0.25) is 0 Å². The summed E-state index contributed by atoms with van der Waals surface area (Å²) in [6, 6.07) is 11.4. The summed E-state index contributed by atoms with van der Waals surface area (Å²) in [4.78, 5) is 9.55. The third-order valence-corrected chi connectivity index (χ3v) is 3.20. The molecule has 0 amide bonds. The number of nitrogens with one attached hydrogen (secondary N) is 2. The van der Waals surface area contributed by atoms with Crippen molar-refractivity contribution >= 4 is 10.9 Å². The minimum Gasteiger partial charge on any atom is -0.361 e. The number of aryl methyl sites for hydroxylation is 2. The Morgan fingerprint density at radius 2 is 1.96 bits per heavy atom. The molecule has 0 atom stereocenters. The third kappa shape index (κ3) is 4.72. The highest BCUT2D eigenvalue weighted by Crippen LogP contribution is 2.15. The highest BCUT2D eigenvalue weighted by molar-refractivity contribution is 5.82. The van der Waals surface area contributed by atoms with Crippen LogP contribution in [-0.2, 0) is 0 Å². The number of rotatable bonds is 0. The van der Waals surface area contributed by atoms with Crippen LogP contribution in [0.1, 0.15) is 16.8 Å². The smallest absolute Gasteiger partial charge is 0.141 e. The zero-order valence-electron chi connectivity index (χ0n) is 13.1. The molecule has 0 aliphatic heterocycles. The minimum atomic E-state index is -0.398. The van der Waals surface area contributed by atoms with Gasteiger partial charge in [0.1, 0.15) is 5.82 Å². The molecule has 3 nitrogen and oxygen atoms in total. The molecular formula is C19H18FN3. The second kappa shape index (κ2) is 7.81. The van der Waals surface area contributed by atoms with E-state index in [0.29, 0.717) is 5.69 Å². The number of fused-ring (bicyclic) bond motifs is 1. The van der Waals surface area contributed by atoms with E-state index in [2.05, 4.69) is 52.1 Å². The van der Waals surface area contributed by atoms with Crippen LogP contribution in [0.15, 0.2) is 55.1 Å². The topological polar surface area (TPSA) is 44.5 Å². The van der Waals surface area contributed by atoms with Crippen LogP contribution in [0.2, 0.25) is 0 Å². The molecule has 0 saturated heterocycles. The molecule has 2 N–H and O–H groups in total. The molecule has 0 radical (unpaired) electrons. The molecule has 23 heavy (non-hydrogen) atoms. The molecule has 2 aromatic heterocycles. The van der Waals surface area contributed by atoms with Gasteiger partial charge in [-0.15, -0.1) is 6.42 Å². The van der Waals surface area contributed by atoms with Crippen LogP contribution in [0.4, 0.5) is 4.39 Å². The van der Waals surface area contributed by atoms with Crippen LogP contribution in [0, 0.1) is 32.0 Å². The van der Waals surface area contributed by atoms with Crippen LogP contribution in [0.5, 0.6) is 0 Å². The number of hydrogen-bond acceptors (Lipinski definition) is 1. The fourth-order valence-electron chi connectivity index (χ4n) is 2.11. The maximum absolute atomic E-state index is 12.8. The molecule has 3 aromatic rings. The first-order chi connectivity index (χ1) is 11.1. The zero-order chi connectivity index (χ0) is 16.7. The van der Waals surface area contributed by atoms with Crippen LogP contribution < -0.4 is 0 Å². The number of nitrogens with zero attached hydrogens (tertiary/aromatic N) is 1. The van der Waals surface area contributed by atoms with E-state index in [1.165, 1.54) is 28.9 Å². The number of benzene rings is 1. The summed E-state index contributed by atoms with van der Waals surface area (Å²) in [7, 11) is 0. The monoisotopic (exact) mass is 307 g/mol. The van der Waals surface area contributed by atoms with Crippen LogP contribution in [-0.4, -0.2) is 15.0 Å². The molecule has 116 valence electrons. The highest BCUT2D eigenvalue weighted by Gasteiger charge is 1.93. The molecule has 0 aliphatic carbocycles. The molecule has 0 unspecified atom stereocenters. The van der Waals surface area contributed by atoms with Gasteiger partial charge in [-0.05, 0) is 49.2 Å². The van der Waals surface area contributed by atoms with Crippen molar-refractivity contribution in [2.45, 2.75) is 13.8 Å². The summed E-state index contributed by atoms with van der Waals surface area (Å²) in [6.07, 6.45) is 9.62. The maximum Gasteiger partial charge on any atom is 0.141 e. The number of hydrogen-bond donors (Lipinski definition) is 2. The lowest BCUT2D eigenvalue weighted by atomic mass is 10.1. The van der Waals surface area contributed by atoms with Gasteiger partial charge in [0.25, 0.3) is 0 Å². The Morgan fingerprint density at radius 1 is 1.13 bits per heavy atom. The van der Waals surface area contributed by atoms with Crippen LogP contribution >= 0.6 is 0 Å². The lowest BCUT2D eigenvalue weighted by Gasteiger charge is -1.92. The molecule has 3 rings (SSSR count). The summed E-state index contributed by atoms with van der Waals surface area (Å²) in [6.45, 7) is 3.88. The number of aromatic nitrogens is 3. The van der Waals surface area contributed by atoms with Crippen molar-refractivity contribution in [1.82, 2.24) is 15.0 Å². The quantitative estimate of drug-likeness (QED) is 0.593. The minimum absolute atomic E-state index is 0.398. The Balaban J connectivity index is 0.000000172. The lowest BCUT2D eigenvalue weighted by molar-refractivity contribution is 0.622. The summed E-state index contributed by atoms with van der Waals surface area (Å²) in [5, 5.41) is 1.32. The van der Waals surface area contributed by atoms with Crippen molar-refractivity contribution in [3.63, 3.8) is 0 Å². The van der Waals surface area contributed by atoms with E-state index in [4.69, 9.17) is 6.42 Å². The van der Waals surface area contributed by atoms with Gasteiger partial charge < -0.3 is 9.97 Å². The molecule has 0 saturated carbocycles. The standard InChI is InChI=1S/C10H9FN2.C9H9N/c1-3-10-5-8(2)4-9(11)6-12-7-13-10;1-7-3-2-4-9-8(7)5-6-10-9/h1,4-7H,2H3,(H,12,13);2-6,10H,1H3. The predicted octanol–water partition coefficient (Wildman–Crippen LogP) is 4.44. The first-order valence-corrected chi connectivity index (χ1v) is 7.13. The number of terminal acetylenes is 1. The maximum atomic E-state index is 12.8. The van der Waals surface area contributed by atoms with Crippen molar-refractivity contribution in [1.29, 1.82) is 0 Å². The second-order valence-corrected chi connectivity index (χ2v) is 5.04. The predicted molar refractivity (Wildman–Crippen MR) is 91.9 cm³/mol. The first kappa shape index (κ1) is 16.3. The lowest BCUT2D eigenvalue weighted by Crippen LogP contribution is -1.76. The Bertz CT molecular complexity index is 883. The fourth-order valence-corrected chi connectivity index (χ4v) is 2.11. The number of H-pyrrole nitrogens is 2. The highest BCUT2D eigenvalue weighted by atomic mass is 19.1. The van der Waals surface area contributed by atoms with Crippen molar-refractivity contribution in [3.05, 3.63) is 77.8 Å². The van der Waals surface area contributed by atoms with E-state index < -0.39 is 5.82 Å². The van der Waals surface area contributed by atoms with Gasteiger partial charge in [-0.25, -0.2) is 9.37 Å². The summed E-state index contributed by atoms with van der Waals surface area (Å²) in [5.41, 5.74) is 3.85. The average Bonchev–Trinajstić information content (AvgIpc) is 3.02.